The van der Waals surface area contributed by atoms with E-state index in [1.807, 2.05) is 55.5 Å². The van der Waals surface area contributed by atoms with Gasteiger partial charge in [0, 0.05) is 30.7 Å². The van der Waals surface area contributed by atoms with E-state index in [0.717, 1.165) is 39.8 Å². The minimum atomic E-state index is -0.614. The van der Waals surface area contributed by atoms with Crippen molar-refractivity contribution in [2.75, 3.05) is 47.2 Å². The molecule has 0 aromatic heterocycles. The number of hydrogen-bond donors (Lipinski definition) is 2. The first-order valence-electron chi connectivity index (χ1n) is 15.4. The van der Waals surface area contributed by atoms with Crippen molar-refractivity contribution in [1.82, 2.24) is 10.6 Å². The number of alkyl carbamates (subject to hydrolysis) is 1. The summed E-state index contributed by atoms with van der Waals surface area (Å²) < 4.78 is 28.0. The fourth-order valence-electron chi connectivity index (χ4n) is 5.62. The van der Waals surface area contributed by atoms with Crippen molar-refractivity contribution in [1.29, 1.82) is 0 Å². The molecule has 9 nitrogen and oxygen atoms in total. The minimum absolute atomic E-state index is 0.0652. The highest BCUT2D eigenvalue weighted by Gasteiger charge is 2.30. The lowest BCUT2D eigenvalue weighted by atomic mass is 9.97. The molecule has 1 aliphatic carbocycles. The van der Waals surface area contributed by atoms with Crippen LogP contribution in [0.25, 0.3) is 11.1 Å². The van der Waals surface area contributed by atoms with Gasteiger partial charge in [0.25, 0.3) is 5.91 Å². The van der Waals surface area contributed by atoms with Gasteiger partial charge in [0.2, 0.25) is 0 Å². The summed E-state index contributed by atoms with van der Waals surface area (Å²) in [5, 5.41) is 5.82. The lowest BCUT2D eigenvalue weighted by Gasteiger charge is -2.23. The molecule has 46 heavy (non-hydrogen) atoms. The molecule has 2 amide bonds. The number of hydrogen-bond acceptors (Lipinski definition) is 7. The van der Waals surface area contributed by atoms with Crippen LogP contribution in [0.4, 0.5) is 4.79 Å². The molecule has 9 heteroatoms. The van der Waals surface area contributed by atoms with Crippen LogP contribution in [0, 0.1) is 0 Å². The van der Waals surface area contributed by atoms with Crippen LogP contribution < -0.4 is 24.8 Å². The molecule has 4 aromatic rings. The molecule has 0 unspecified atom stereocenters. The Balaban J connectivity index is 1.29. The Kier molecular flexibility index (Phi) is 11.1. The van der Waals surface area contributed by atoms with Crippen molar-refractivity contribution in [2.24, 2.45) is 0 Å². The highest BCUT2D eigenvalue weighted by molar-refractivity contribution is 5.79. The second-order valence-corrected chi connectivity index (χ2v) is 10.8. The predicted molar refractivity (Wildman–Crippen MR) is 176 cm³/mol. The molecule has 240 valence electrons. The Morgan fingerprint density at radius 2 is 1.48 bits per heavy atom. The van der Waals surface area contributed by atoms with Crippen LogP contribution in [0.3, 0.4) is 0 Å². The van der Waals surface area contributed by atoms with Crippen molar-refractivity contribution >= 4 is 12.0 Å². The van der Waals surface area contributed by atoms with E-state index in [9.17, 15) is 9.59 Å². The third-order valence-corrected chi connectivity index (χ3v) is 7.86. The van der Waals surface area contributed by atoms with Gasteiger partial charge in [0.1, 0.15) is 23.9 Å². The molecular weight excluding hydrogens is 584 g/mol. The maximum absolute atomic E-state index is 13.4. The second kappa shape index (κ2) is 15.8. The molecule has 0 fully saturated rings. The van der Waals surface area contributed by atoms with Gasteiger partial charge in [-0.1, -0.05) is 67.6 Å². The van der Waals surface area contributed by atoms with Gasteiger partial charge >= 0.3 is 6.09 Å². The Morgan fingerprint density at radius 3 is 2.13 bits per heavy atom. The number of rotatable bonds is 15. The van der Waals surface area contributed by atoms with Crippen LogP contribution in [-0.4, -0.2) is 59.2 Å². The first kappa shape index (κ1) is 32.4. The number of nitrogens with one attached hydrogen (secondary N) is 2. The molecule has 2 N–H and O–H groups in total. The van der Waals surface area contributed by atoms with Crippen molar-refractivity contribution in [3.05, 3.63) is 113 Å². The monoisotopic (exact) mass is 624 g/mol. The van der Waals surface area contributed by atoms with E-state index in [0.29, 0.717) is 37.0 Å². The highest BCUT2D eigenvalue weighted by atomic mass is 16.5. The fourth-order valence-corrected chi connectivity index (χ4v) is 5.62. The molecule has 0 bridgehead atoms. The third kappa shape index (κ3) is 7.79. The molecule has 5 rings (SSSR count). The number of fused-ring (bicyclic) bond motifs is 3. The molecule has 1 atom stereocenters. The zero-order valence-electron chi connectivity index (χ0n) is 26.4. The Morgan fingerprint density at radius 1 is 0.804 bits per heavy atom. The number of methoxy groups -OCH3 is 2. The van der Waals surface area contributed by atoms with Crippen molar-refractivity contribution in [2.45, 2.75) is 25.3 Å². The second-order valence-electron chi connectivity index (χ2n) is 10.8. The summed E-state index contributed by atoms with van der Waals surface area (Å²) in [4.78, 5) is 25.6. The number of carbonyl (C=O) groups is 2. The summed E-state index contributed by atoms with van der Waals surface area (Å²) in [6, 6.07) is 28.4. The van der Waals surface area contributed by atoms with Gasteiger partial charge in [0.15, 0.2) is 6.61 Å². The van der Waals surface area contributed by atoms with Crippen molar-refractivity contribution < 1.29 is 33.3 Å². The number of ether oxygens (including phenoxy) is 5. The maximum atomic E-state index is 13.4. The maximum Gasteiger partial charge on any atom is 0.407 e. The van der Waals surface area contributed by atoms with Crippen LogP contribution in [-0.2, 0) is 14.3 Å². The van der Waals surface area contributed by atoms with Crippen LogP contribution >= 0.6 is 0 Å². The normalized spacial score (nSPS) is 12.4. The fraction of sp³-hybridized carbons (Fsp3) is 0.297. The van der Waals surface area contributed by atoms with E-state index in [1.165, 1.54) is 0 Å². The van der Waals surface area contributed by atoms with E-state index in [1.54, 1.807) is 32.4 Å². The molecule has 0 saturated heterocycles. The largest absolute Gasteiger partial charge is 0.497 e. The Bertz CT molecular complexity index is 1580. The first-order valence-corrected chi connectivity index (χ1v) is 15.4. The van der Waals surface area contributed by atoms with E-state index in [4.69, 9.17) is 23.7 Å². The van der Waals surface area contributed by atoms with Crippen LogP contribution in [0.15, 0.2) is 91.0 Å². The average molecular weight is 625 g/mol. The van der Waals surface area contributed by atoms with Gasteiger partial charge in [-0.25, -0.2) is 4.79 Å². The number of amides is 2. The standard InChI is InChI=1S/C37H40N2O7/c1-4-20-44-21-19-38-35(40)24-45-26-15-13-25(14-16-26)36(32-18-17-27(42-2)22-34(32)43-3)39-37(41)46-23-33-30-11-7-5-9-28(30)29-10-6-8-12-31(29)33/h5-18,22,33,36H,4,19-21,23-24H2,1-3H3,(H,38,40)(H,39,41)/t36-/m0/s1. The van der Waals surface area contributed by atoms with Gasteiger partial charge in [-0.3, -0.25) is 4.79 Å². The van der Waals surface area contributed by atoms with E-state index in [-0.39, 0.29) is 25.0 Å². The smallest absolute Gasteiger partial charge is 0.407 e. The summed E-state index contributed by atoms with van der Waals surface area (Å²) >= 11 is 0. The quantitative estimate of drug-likeness (QED) is 0.151. The molecule has 1 aliphatic rings. The molecule has 0 radical (unpaired) electrons. The molecule has 0 saturated carbocycles. The molecule has 4 aromatic carbocycles. The lowest BCUT2D eigenvalue weighted by Crippen LogP contribution is -2.32. The van der Waals surface area contributed by atoms with Crippen LogP contribution in [0.2, 0.25) is 0 Å². The summed E-state index contributed by atoms with van der Waals surface area (Å²) in [6.07, 6.45) is 0.366. The van der Waals surface area contributed by atoms with E-state index >= 15 is 0 Å². The summed E-state index contributed by atoms with van der Waals surface area (Å²) in [7, 11) is 3.15. The molecular formula is C37H40N2O7. The van der Waals surface area contributed by atoms with E-state index < -0.39 is 12.1 Å². The van der Waals surface area contributed by atoms with Crippen molar-refractivity contribution in [3.63, 3.8) is 0 Å². The average Bonchev–Trinajstić information content (AvgIpc) is 3.42. The number of benzene rings is 4. The summed E-state index contributed by atoms with van der Waals surface area (Å²) in [5.74, 6) is 1.39. The van der Waals surface area contributed by atoms with Gasteiger partial charge < -0.3 is 34.3 Å². The van der Waals surface area contributed by atoms with E-state index in [2.05, 4.69) is 34.9 Å². The predicted octanol–water partition coefficient (Wildman–Crippen LogP) is 6.25. The number of carbonyl (C=O) groups excluding carboxylic acids is 2. The van der Waals surface area contributed by atoms with Crippen LogP contribution in [0.1, 0.15) is 47.6 Å². The van der Waals surface area contributed by atoms with Crippen LogP contribution in [0.5, 0.6) is 17.2 Å². The zero-order valence-corrected chi connectivity index (χ0v) is 26.4. The minimum Gasteiger partial charge on any atom is -0.497 e. The first-order chi connectivity index (χ1) is 22.5. The third-order valence-electron chi connectivity index (χ3n) is 7.86. The topological polar surface area (TPSA) is 104 Å². The Labute approximate surface area is 269 Å². The van der Waals surface area contributed by atoms with Gasteiger partial charge in [-0.05, 0) is 58.5 Å². The zero-order chi connectivity index (χ0) is 32.3. The lowest BCUT2D eigenvalue weighted by molar-refractivity contribution is -0.123. The molecule has 0 spiro atoms. The summed E-state index contributed by atoms with van der Waals surface area (Å²) in [6.45, 7) is 3.64. The van der Waals surface area contributed by atoms with Crippen molar-refractivity contribution in [3.8, 4) is 28.4 Å². The van der Waals surface area contributed by atoms with Gasteiger partial charge in [-0.15, -0.1) is 0 Å². The van der Waals surface area contributed by atoms with Gasteiger partial charge in [0.05, 0.1) is 26.9 Å². The Hall–Kier alpha value is -5.02. The molecule has 0 aliphatic heterocycles. The van der Waals surface area contributed by atoms with Gasteiger partial charge in [-0.2, -0.15) is 0 Å². The summed E-state index contributed by atoms with van der Waals surface area (Å²) in [5.41, 5.74) is 6.08. The highest BCUT2D eigenvalue weighted by Crippen LogP contribution is 2.44. The SMILES string of the molecule is CCCOCCNC(=O)COc1ccc([C@H](NC(=O)OCC2c3ccccc3-c3ccccc32)c2ccc(OC)cc2OC)cc1. The molecule has 0 heterocycles.